The maximum Gasteiger partial charge on any atom is 0.239 e. The molecule has 126 valence electrons. The Morgan fingerprint density at radius 3 is 2.43 bits per heavy atom. The van der Waals surface area contributed by atoms with Gasteiger partial charge in [0.15, 0.2) is 0 Å². The Hall–Kier alpha value is -1.36. The van der Waals surface area contributed by atoms with E-state index in [4.69, 9.17) is 0 Å². The lowest BCUT2D eigenvalue weighted by Crippen LogP contribution is -2.49. The molecule has 0 spiro atoms. The molecule has 0 atom stereocenters. The Balaban J connectivity index is 2.06. The highest BCUT2D eigenvalue weighted by Gasteiger charge is 2.39. The second kappa shape index (κ2) is 7.04. The molecule has 0 unspecified atom stereocenters. The number of amides is 2. The second-order valence-electron chi connectivity index (χ2n) is 7.02. The highest BCUT2D eigenvalue weighted by Crippen LogP contribution is 2.26. The minimum Gasteiger partial charge on any atom is -0.342 e. The summed E-state index contributed by atoms with van der Waals surface area (Å²) in [5.74, 6) is 0.306. The molecule has 1 aromatic rings. The molecule has 1 aliphatic rings. The van der Waals surface area contributed by atoms with Crippen molar-refractivity contribution in [2.24, 2.45) is 11.3 Å². The van der Waals surface area contributed by atoms with Crippen molar-refractivity contribution in [3.8, 4) is 0 Å². The molecule has 2 amide bonds. The second-order valence-corrected chi connectivity index (χ2v) is 7.87. The summed E-state index contributed by atoms with van der Waals surface area (Å²) in [6.07, 6.45) is 2.02. The number of likely N-dealkylation sites (tertiary alicyclic amines) is 1. The van der Waals surface area contributed by atoms with Gasteiger partial charge >= 0.3 is 0 Å². The van der Waals surface area contributed by atoms with Crippen molar-refractivity contribution in [1.29, 1.82) is 0 Å². The lowest BCUT2D eigenvalue weighted by atomic mass is 9.88. The van der Waals surface area contributed by atoms with E-state index in [2.05, 4.69) is 28.2 Å². The van der Waals surface area contributed by atoms with E-state index in [0.29, 0.717) is 11.6 Å². The Kier molecular flexibility index (Phi) is 5.50. The molecular weight excluding hydrogens is 356 g/mol. The number of nitrogens with one attached hydrogen (secondary N) is 1. The lowest BCUT2D eigenvalue weighted by molar-refractivity contribution is -0.147. The van der Waals surface area contributed by atoms with Gasteiger partial charge in [0.2, 0.25) is 11.8 Å². The number of rotatable bonds is 3. The van der Waals surface area contributed by atoms with Gasteiger partial charge < -0.3 is 10.2 Å². The molecule has 1 aliphatic heterocycles. The number of hydrogen-bond acceptors (Lipinski definition) is 2. The van der Waals surface area contributed by atoms with Crippen molar-refractivity contribution in [2.75, 3.05) is 18.4 Å². The van der Waals surface area contributed by atoms with Crippen molar-refractivity contribution in [2.45, 2.75) is 40.5 Å². The number of nitrogens with zero attached hydrogens (tertiary/aromatic N) is 1. The van der Waals surface area contributed by atoms with E-state index in [1.165, 1.54) is 0 Å². The Labute approximate surface area is 146 Å². The van der Waals surface area contributed by atoms with E-state index >= 15 is 0 Å². The molecule has 0 saturated carbocycles. The van der Waals surface area contributed by atoms with Gasteiger partial charge in [0.25, 0.3) is 0 Å². The first-order chi connectivity index (χ1) is 10.7. The number of anilines is 1. The maximum absolute atomic E-state index is 12.7. The standard InChI is InChI=1S/C18H25BrN2O2/c1-12-7-9-21(10-8-12)17(23)18(3,4)16(22)20-14-5-6-15(19)13(2)11-14/h5-6,11-12H,7-10H2,1-4H3,(H,20,22). The van der Waals surface area contributed by atoms with Gasteiger partial charge in [-0.1, -0.05) is 22.9 Å². The Morgan fingerprint density at radius 1 is 1.26 bits per heavy atom. The van der Waals surface area contributed by atoms with Crippen LogP contribution in [0.2, 0.25) is 0 Å². The van der Waals surface area contributed by atoms with Crippen LogP contribution in [0.4, 0.5) is 5.69 Å². The third kappa shape index (κ3) is 4.14. The first-order valence-corrected chi connectivity index (χ1v) is 8.88. The summed E-state index contributed by atoms with van der Waals surface area (Å²) >= 11 is 3.44. The van der Waals surface area contributed by atoms with Crippen LogP contribution in [-0.4, -0.2) is 29.8 Å². The lowest BCUT2D eigenvalue weighted by Gasteiger charge is -2.35. The maximum atomic E-state index is 12.7. The molecule has 0 aliphatic carbocycles. The smallest absolute Gasteiger partial charge is 0.239 e. The van der Waals surface area contributed by atoms with Crippen molar-refractivity contribution in [1.82, 2.24) is 4.90 Å². The average molecular weight is 381 g/mol. The minimum absolute atomic E-state index is 0.0873. The Bertz CT molecular complexity index is 605. The monoisotopic (exact) mass is 380 g/mol. The summed E-state index contributed by atoms with van der Waals surface area (Å²) in [4.78, 5) is 27.2. The van der Waals surface area contributed by atoms with Crippen LogP contribution in [0, 0.1) is 18.3 Å². The number of carbonyl (C=O) groups is 2. The molecule has 1 fully saturated rings. The zero-order chi connectivity index (χ0) is 17.2. The zero-order valence-electron chi connectivity index (χ0n) is 14.3. The SMILES string of the molecule is Cc1cc(NC(=O)C(C)(C)C(=O)N2CCC(C)CC2)ccc1Br. The first kappa shape index (κ1) is 18.0. The normalized spacial score (nSPS) is 16.3. The average Bonchev–Trinajstić information content (AvgIpc) is 2.51. The van der Waals surface area contributed by atoms with Crippen LogP contribution < -0.4 is 5.32 Å². The molecule has 5 heteroatoms. The third-order valence-electron chi connectivity index (χ3n) is 4.59. The fourth-order valence-electron chi connectivity index (χ4n) is 2.71. The summed E-state index contributed by atoms with van der Waals surface area (Å²) < 4.78 is 0.994. The van der Waals surface area contributed by atoms with Crippen LogP contribution in [0.25, 0.3) is 0 Å². The van der Waals surface area contributed by atoms with E-state index < -0.39 is 5.41 Å². The van der Waals surface area contributed by atoms with E-state index in [1.807, 2.05) is 30.0 Å². The quantitative estimate of drug-likeness (QED) is 0.806. The zero-order valence-corrected chi connectivity index (χ0v) is 15.9. The fourth-order valence-corrected chi connectivity index (χ4v) is 2.96. The van der Waals surface area contributed by atoms with Crippen LogP contribution in [0.1, 0.15) is 39.2 Å². The first-order valence-electron chi connectivity index (χ1n) is 8.09. The number of benzene rings is 1. The summed E-state index contributed by atoms with van der Waals surface area (Å²) in [6, 6.07) is 5.62. The number of carbonyl (C=O) groups excluding carboxylic acids is 2. The molecular formula is C18H25BrN2O2. The molecule has 1 saturated heterocycles. The largest absolute Gasteiger partial charge is 0.342 e. The summed E-state index contributed by atoms with van der Waals surface area (Å²) in [7, 11) is 0. The van der Waals surface area contributed by atoms with Crippen LogP contribution in [0.15, 0.2) is 22.7 Å². The van der Waals surface area contributed by atoms with E-state index in [-0.39, 0.29) is 11.8 Å². The van der Waals surface area contributed by atoms with Crippen LogP contribution in [0.5, 0.6) is 0 Å². The van der Waals surface area contributed by atoms with Crippen molar-refractivity contribution in [3.05, 3.63) is 28.2 Å². The van der Waals surface area contributed by atoms with Crippen LogP contribution >= 0.6 is 15.9 Å². The van der Waals surface area contributed by atoms with Gasteiger partial charge in [0.1, 0.15) is 5.41 Å². The molecule has 1 N–H and O–H groups in total. The van der Waals surface area contributed by atoms with Gasteiger partial charge in [-0.15, -0.1) is 0 Å². The molecule has 4 nitrogen and oxygen atoms in total. The van der Waals surface area contributed by atoms with Gasteiger partial charge in [0.05, 0.1) is 0 Å². The van der Waals surface area contributed by atoms with Gasteiger partial charge in [-0.2, -0.15) is 0 Å². The summed E-state index contributed by atoms with van der Waals surface area (Å²) in [6.45, 7) is 9.06. The third-order valence-corrected chi connectivity index (χ3v) is 5.48. The predicted octanol–water partition coefficient (Wildman–Crippen LogP) is 3.98. The van der Waals surface area contributed by atoms with Crippen LogP contribution in [0.3, 0.4) is 0 Å². The molecule has 2 rings (SSSR count). The van der Waals surface area contributed by atoms with E-state index in [9.17, 15) is 9.59 Å². The summed E-state index contributed by atoms with van der Waals surface area (Å²) in [5, 5.41) is 2.87. The predicted molar refractivity (Wildman–Crippen MR) is 96.3 cm³/mol. The topological polar surface area (TPSA) is 49.4 Å². The fraction of sp³-hybridized carbons (Fsp3) is 0.556. The number of hydrogen-bond donors (Lipinski definition) is 1. The Morgan fingerprint density at radius 2 is 1.87 bits per heavy atom. The molecule has 0 bridgehead atoms. The highest BCUT2D eigenvalue weighted by atomic mass is 79.9. The number of aryl methyl sites for hydroxylation is 1. The van der Waals surface area contributed by atoms with Gasteiger partial charge in [0, 0.05) is 23.2 Å². The van der Waals surface area contributed by atoms with E-state index in [0.717, 1.165) is 36.0 Å². The van der Waals surface area contributed by atoms with Gasteiger partial charge in [-0.25, -0.2) is 0 Å². The van der Waals surface area contributed by atoms with Crippen molar-refractivity contribution < 1.29 is 9.59 Å². The number of piperidine rings is 1. The summed E-state index contributed by atoms with van der Waals surface area (Å²) in [5.41, 5.74) is 0.683. The minimum atomic E-state index is -1.07. The molecule has 1 aromatic carbocycles. The van der Waals surface area contributed by atoms with Crippen molar-refractivity contribution >= 4 is 33.4 Å². The van der Waals surface area contributed by atoms with Crippen LogP contribution in [-0.2, 0) is 9.59 Å². The van der Waals surface area contributed by atoms with Crippen molar-refractivity contribution in [3.63, 3.8) is 0 Å². The molecule has 23 heavy (non-hydrogen) atoms. The highest BCUT2D eigenvalue weighted by molar-refractivity contribution is 9.10. The van der Waals surface area contributed by atoms with E-state index in [1.54, 1.807) is 13.8 Å². The van der Waals surface area contributed by atoms with Gasteiger partial charge in [-0.05, 0) is 63.3 Å². The molecule has 0 aromatic heterocycles. The van der Waals surface area contributed by atoms with Gasteiger partial charge in [-0.3, -0.25) is 9.59 Å². The molecule has 0 radical (unpaired) electrons. The molecule has 1 heterocycles. The number of halogens is 1.